The number of carboxylic acid groups (broad SMARTS) is 1. The highest BCUT2D eigenvalue weighted by atomic mass is 16.5. The zero-order valence-corrected chi connectivity index (χ0v) is 8.87. The van der Waals surface area contributed by atoms with E-state index < -0.39 is 11.9 Å². The van der Waals surface area contributed by atoms with Gasteiger partial charge in [0.05, 0.1) is 11.6 Å². The minimum Gasteiger partial charge on any atom is -0.481 e. The first kappa shape index (κ1) is 10.8. The summed E-state index contributed by atoms with van der Waals surface area (Å²) in [5, 5.41) is 12.7. The molecule has 0 aromatic carbocycles. The zero-order chi connectivity index (χ0) is 10.9. The average molecular weight is 197 g/mol. The molecular weight excluding hydrogens is 182 g/mol. The smallest absolute Gasteiger partial charge is 0.306 e. The molecule has 1 rings (SSSR count). The number of hydrogen-bond acceptors (Lipinski definition) is 3. The summed E-state index contributed by atoms with van der Waals surface area (Å²) in [4.78, 5) is 10.8. The normalized spacial score (nSPS) is 15.1. The Hall–Kier alpha value is -1.32. The molecule has 0 saturated heterocycles. The summed E-state index contributed by atoms with van der Waals surface area (Å²) in [6.45, 7) is 7.25. The lowest BCUT2D eigenvalue weighted by Gasteiger charge is -2.13. The highest BCUT2D eigenvalue weighted by Gasteiger charge is 2.25. The molecule has 2 atom stereocenters. The third-order valence-electron chi connectivity index (χ3n) is 2.76. The molecule has 1 aromatic rings. The molecule has 0 radical (unpaired) electrons. The standard InChI is InChI=1S/C10H15NO3/c1-5(6(2)10(12)13)9-7(3)8(4)14-11-9/h5-6H,1-4H3,(H,12,13). The first-order valence-electron chi connectivity index (χ1n) is 4.60. The fraction of sp³-hybridized carbons (Fsp3) is 0.600. The van der Waals surface area contributed by atoms with Crippen molar-refractivity contribution < 1.29 is 14.4 Å². The largest absolute Gasteiger partial charge is 0.481 e. The maximum Gasteiger partial charge on any atom is 0.306 e. The maximum atomic E-state index is 10.8. The van der Waals surface area contributed by atoms with Crippen LogP contribution in [-0.4, -0.2) is 16.2 Å². The molecule has 0 fully saturated rings. The first-order chi connectivity index (χ1) is 6.45. The molecule has 4 nitrogen and oxygen atoms in total. The van der Waals surface area contributed by atoms with Gasteiger partial charge in [-0.15, -0.1) is 0 Å². The number of rotatable bonds is 3. The van der Waals surface area contributed by atoms with Gasteiger partial charge in [0.1, 0.15) is 5.76 Å². The van der Waals surface area contributed by atoms with Gasteiger partial charge in [-0.1, -0.05) is 19.0 Å². The summed E-state index contributed by atoms with van der Waals surface area (Å²) >= 11 is 0. The Bertz CT molecular complexity index is 343. The van der Waals surface area contributed by atoms with Crippen LogP contribution in [-0.2, 0) is 4.79 Å². The summed E-state index contributed by atoms with van der Waals surface area (Å²) in [7, 11) is 0. The Morgan fingerprint density at radius 1 is 1.43 bits per heavy atom. The third-order valence-corrected chi connectivity index (χ3v) is 2.76. The number of aromatic nitrogens is 1. The van der Waals surface area contributed by atoms with Crippen LogP contribution in [0.5, 0.6) is 0 Å². The molecule has 1 heterocycles. The van der Waals surface area contributed by atoms with Crippen LogP contribution in [0.3, 0.4) is 0 Å². The van der Waals surface area contributed by atoms with E-state index in [1.54, 1.807) is 6.92 Å². The zero-order valence-electron chi connectivity index (χ0n) is 8.87. The predicted octanol–water partition coefficient (Wildman–Crippen LogP) is 2.12. The fourth-order valence-electron chi connectivity index (χ4n) is 1.31. The van der Waals surface area contributed by atoms with Crippen LogP contribution in [0.1, 0.15) is 36.8 Å². The molecule has 4 heteroatoms. The first-order valence-corrected chi connectivity index (χ1v) is 4.60. The van der Waals surface area contributed by atoms with E-state index in [0.29, 0.717) is 0 Å². The molecule has 0 aliphatic heterocycles. The predicted molar refractivity (Wildman–Crippen MR) is 51.2 cm³/mol. The number of hydrogen-bond donors (Lipinski definition) is 1. The number of carbonyl (C=O) groups is 1. The summed E-state index contributed by atoms with van der Waals surface area (Å²) < 4.78 is 5.00. The summed E-state index contributed by atoms with van der Waals surface area (Å²) in [5.74, 6) is -0.620. The van der Waals surface area contributed by atoms with Gasteiger partial charge in [-0.05, 0) is 13.8 Å². The summed E-state index contributed by atoms with van der Waals surface area (Å²) in [5.41, 5.74) is 1.70. The Morgan fingerprint density at radius 2 is 2.00 bits per heavy atom. The van der Waals surface area contributed by atoms with Crippen molar-refractivity contribution in [3.05, 3.63) is 17.0 Å². The van der Waals surface area contributed by atoms with Crippen LogP contribution in [0.15, 0.2) is 4.52 Å². The highest BCUT2D eigenvalue weighted by Crippen LogP contribution is 2.27. The minimum atomic E-state index is -0.808. The van der Waals surface area contributed by atoms with E-state index in [1.165, 1.54) is 0 Å². The molecular formula is C10H15NO3. The van der Waals surface area contributed by atoms with Crippen LogP contribution in [0.2, 0.25) is 0 Å². The van der Waals surface area contributed by atoms with E-state index in [0.717, 1.165) is 17.0 Å². The molecule has 0 spiro atoms. The van der Waals surface area contributed by atoms with Crippen molar-refractivity contribution in [3.63, 3.8) is 0 Å². The number of nitrogens with zero attached hydrogens (tertiary/aromatic N) is 1. The molecule has 78 valence electrons. The van der Waals surface area contributed by atoms with Gasteiger partial charge >= 0.3 is 5.97 Å². The molecule has 0 bridgehead atoms. The molecule has 14 heavy (non-hydrogen) atoms. The topological polar surface area (TPSA) is 63.3 Å². The Kier molecular flexibility index (Phi) is 2.93. The van der Waals surface area contributed by atoms with Gasteiger partial charge in [0, 0.05) is 11.5 Å². The van der Waals surface area contributed by atoms with Crippen LogP contribution < -0.4 is 0 Å². The second-order valence-electron chi connectivity index (χ2n) is 3.66. The van der Waals surface area contributed by atoms with Crippen molar-refractivity contribution >= 4 is 5.97 Å². The molecule has 2 unspecified atom stereocenters. The van der Waals surface area contributed by atoms with Crippen molar-refractivity contribution in [1.29, 1.82) is 0 Å². The lowest BCUT2D eigenvalue weighted by molar-refractivity contribution is -0.141. The van der Waals surface area contributed by atoms with Crippen LogP contribution >= 0.6 is 0 Å². The van der Waals surface area contributed by atoms with Gasteiger partial charge < -0.3 is 9.63 Å². The van der Waals surface area contributed by atoms with Gasteiger partial charge in [0.2, 0.25) is 0 Å². The van der Waals surface area contributed by atoms with E-state index in [-0.39, 0.29) is 5.92 Å². The maximum absolute atomic E-state index is 10.8. The quantitative estimate of drug-likeness (QED) is 0.806. The van der Waals surface area contributed by atoms with E-state index in [9.17, 15) is 4.79 Å². The molecule has 0 amide bonds. The van der Waals surface area contributed by atoms with Gasteiger partial charge in [-0.25, -0.2) is 0 Å². The van der Waals surface area contributed by atoms with Crippen molar-refractivity contribution in [2.24, 2.45) is 5.92 Å². The second kappa shape index (κ2) is 3.82. The highest BCUT2D eigenvalue weighted by molar-refractivity contribution is 5.70. The molecule has 0 aliphatic rings. The number of aryl methyl sites for hydroxylation is 1. The molecule has 1 N–H and O–H groups in total. The Labute approximate surface area is 82.9 Å². The monoisotopic (exact) mass is 197 g/mol. The lowest BCUT2D eigenvalue weighted by atomic mass is 9.91. The van der Waals surface area contributed by atoms with E-state index >= 15 is 0 Å². The Morgan fingerprint density at radius 3 is 2.36 bits per heavy atom. The van der Waals surface area contributed by atoms with E-state index in [2.05, 4.69) is 5.16 Å². The second-order valence-corrected chi connectivity index (χ2v) is 3.66. The average Bonchev–Trinajstić information content (AvgIpc) is 2.45. The molecule has 1 aromatic heterocycles. The van der Waals surface area contributed by atoms with Crippen LogP contribution in [0.25, 0.3) is 0 Å². The van der Waals surface area contributed by atoms with Crippen molar-refractivity contribution in [1.82, 2.24) is 5.16 Å². The van der Waals surface area contributed by atoms with Crippen molar-refractivity contribution in [2.45, 2.75) is 33.6 Å². The van der Waals surface area contributed by atoms with Crippen molar-refractivity contribution in [2.75, 3.05) is 0 Å². The third kappa shape index (κ3) is 1.78. The number of carboxylic acids is 1. The fourth-order valence-corrected chi connectivity index (χ4v) is 1.31. The van der Waals surface area contributed by atoms with Gasteiger partial charge in [-0.2, -0.15) is 0 Å². The summed E-state index contributed by atoms with van der Waals surface area (Å²) in [6, 6.07) is 0. The minimum absolute atomic E-state index is 0.120. The Balaban J connectivity index is 2.94. The van der Waals surface area contributed by atoms with Gasteiger partial charge in [-0.3, -0.25) is 4.79 Å². The van der Waals surface area contributed by atoms with Crippen molar-refractivity contribution in [3.8, 4) is 0 Å². The van der Waals surface area contributed by atoms with Crippen LogP contribution in [0, 0.1) is 19.8 Å². The van der Waals surface area contributed by atoms with Gasteiger partial charge in [0.15, 0.2) is 0 Å². The summed E-state index contributed by atoms with van der Waals surface area (Å²) in [6.07, 6.45) is 0. The molecule has 0 saturated carbocycles. The molecule has 0 aliphatic carbocycles. The van der Waals surface area contributed by atoms with E-state index in [1.807, 2.05) is 20.8 Å². The van der Waals surface area contributed by atoms with Gasteiger partial charge in [0.25, 0.3) is 0 Å². The number of aliphatic carboxylic acids is 1. The SMILES string of the molecule is Cc1onc(C(C)C(C)C(=O)O)c1C. The van der Waals surface area contributed by atoms with Crippen LogP contribution in [0.4, 0.5) is 0 Å². The van der Waals surface area contributed by atoms with E-state index in [4.69, 9.17) is 9.63 Å². The lowest BCUT2D eigenvalue weighted by Crippen LogP contribution is -2.17.